The Kier molecular flexibility index (Phi) is 5.89. The van der Waals surface area contributed by atoms with Crippen molar-refractivity contribution in [2.24, 2.45) is 0 Å². The molecule has 0 fully saturated rings. The number of benzene rings is 2. The molecule has 3 rings (SSSR count). The highest BCUT2D eigenvalue weighted by atomic mass is 32.2. The summed E-state index contributed by atoms with van der Waals surface area (Å²) in [7, 11) is 0. The van der Waals surface area contributed by atoms with Crippen LogP contribution in [0.2, 0.25) is 0 Å². The predicted molar refractivity (Wildman–Crippen MR) is 110 cm³/mol. The van der Waals surface area contributed by atoms with Crippen LogP contribution in [-0.4, -0.2) is 29.5 Å². The fourth-order valence-corrected chi connectivity index (χ4v) is 4.46. The van der Waals surface area contributed by atoms with Crippen molar-refractivity contribution in [1.82, 2.24) is 0 Å². The molecule has 0 unspecified atom stereocenters. The Bertz CT molecular complexity index is 967. The quantitative estimate of drug-likeness (QED) is 0.606. The minimum atomic E-state index is -0.567. The number of esters is 1. The fraction of sp³-hybridized carbons (Fsp3) is 0.318. The summed E-state index contributed by atoms with van der Waals surface area (Å²) in [6.07, 6.45) is -0.0804. The molecule has 5 nitrogen and oxygen atoms in total. The van der Waals surface area contributed by atoms with Crippen LogP contribution in [0.1, 0.15) is 39.0 Å². The van der Waals surface area contributed by atoms with Crippen LogP contribution < -0.4 is 5.32 Å². The smallest absolute Gasteiger partial charge is 0.307 e. The lowest BCUT2D eigenvalue weighted by Crippen LogP contribution is -2.31. The Balaban J connectivity index is 1.62. The number of thioether (sulfide) groups is 1. The number of para-hydroxylation sites is 1. The standard InChI is InChI=1S/C22H23NO4S/c1-12-9-13(2)21(15(4)14(12)3)17(24)11-27-20(25)10-19-22(26)23-16-7-5-6-8-18(16)28-19/h5-9,19H,10-11H2,1-4H3,(H,23,26)/t19-/m1/s1. The van der Waals surface area contributed by atoms with E-state index in [9.17, 15) is 14.4 Å². The average Bonchev–Trinajstić information content (AvgIpc) is 2.65. The van der Waals surface area contributed by atoms with E-state index in [-0.39, 0.29) is 24.7 Å². The highest BCUT2D eigenvalue weighted by Gasteiger charge is 2.29. The summed E-state index contributed by atoms with van der Waals surface area (Å²) in [5.74, 6) is -1.01. The molecule has 0 radical (unpaired) electrons. The van der Waals surface area contributed by atoms with E-state index in [1.807, 2.05) is 58.0 Å². The number of rotatable bonds is 5. The van der Waals surface area contributed by atoms with Crippen molar-refractivity contribution in [3.05, 3.63) is 58.1 Å². The molecule has 1 aliphatic rings. The Morgan fingerprint density at radius 1 is 1.07 bits per heavy atom. The second kappa shape index (κ2) is 8.19. The van der Waals surface area contributed by atoms with Crippen LogP contribution in [0, 0.1) is 27.7 Å². The van der Waals surface area contributed by atoms with Gasteiger partial charge in [0.05, 0.1) is 17.4 Å². The van der Waals surface area contributed by atoms with Crippen LogP contribution in [-0.2, 0) is 14.3 Å². The third-order valence-corrected chi connectivity index (χ3v) is 6.33. The second-order valence-electron chi connectivity index (χ2n) is 7.02. The molecular formula is C22H23NO4S. The van der Waals surface area contributed by atoms with E-state index in [0.717, 1.165) is 32.8 Å². The molecule has 1 atom stereocenters. The van der Waals surface area contributed by atoms with Gasteiger partial charge in [0.2, 0.25) is 11.7 Å². The molecule has 1 amide bonds. The molecule has 0 aromatic heterocycles. The maximum Gasteiger partial charge on any atom is 0.307 e. The summed E-state index contributed by atoms with van der Waals surface area (Å²) >= 11 is 1.33. The molecular weight excluding hydrogens is 374 g/mol. The van der Waals surface area contributed by atoms with E-state index >= 15 is 0 Å². The molecule has 6 heteroatoms. The summed E-state index contributed by atoms with van der Waals surface area (Å²) in [4.78, 5) is 38.0. The highest BCUT2D eigenvalue weighted by Crippen LogP contribution is 2.36. The van der Waals surface area contributed by atoms with Gasteiger partial charge in [0.1, 0.15) is 0 Å². The van der Waals surface area contributed by atoms with Crippen molar-refractivity contribution in [2.75, 3.05) is 11.9 Å². The Morgan fingerprint density at radius 3 is 2.54 bits per heavy atom. The number of hydrogen-bond acceptors (Lipinski definition) is 5. The van der Waals surface area contributed by atoms with E-state index in [4.69, 9.17) is 4.74 Å². The van der Waals surface area contributed by atoms with Gasteiger partial charge in [0.15, 0.2) is 6.61 Å². The SMILES string of the molecule is Cc1cc(C)c(C(=O)COC(=O)C[C@H]2Sc3ccccc3NC2=O)c(C)c1C. The Labute approximate surface area is 168 Å². The van der Waals surface area contributed by atoms with Gasteiger partial charge in [-0.15, -0.1) is 11.8 Å². The number of fused-ring (bicyclic) bond motifs is 1. The summed E-state index contributed by atoms with van der Waals surface area (Å²) < 4.78 is 5.20. The lowest BCUT2D eigenvalue weighted by molar-refractivity contribution is -0.143. The lowest BCUT2D eigenvalue weighted by Gasteiger charge is -2.23. The van der Waals surface area contributed by atoms with Gasteiger partial charge in [-0.1, -0.05) is 18.2 Å². The maximum atomic E-state index is 12.6. The van der Waals surface area contributed by atoms with Gasteiger partial charge in [-0.2, -0.15) is 0 Å². The average molecular weight is 397 g/mol. The van der Waals surface area contributed by atoms with Crippen LogP contribution in [0.4, 0.5) is 5.69 Å². The first-order valence-corrected chi connectivity index (χ1v) is 9.98. The Hall–Kier alpha value is -2.60. The van der Waals surface area contributed by atoms with Gasteiger partial charge in [0, 0.05) is 10.5 Å². The second-order valence-corrected chi connectivity index (χ2v) is 8.26. The number of anilines is 1. The van der Waals surface area contributed by atoms with Gasteiger partial charge < -0.3 is 10.1 Å². The molecule has 0 spiro atoms. The third kappa shape index (κ3) is 4.12. The largest absolute Gasteiger partial charge is 0.457 e. The zero-order chi connectivity index (χ0) is 20.4. The highest BCUT2D eigenvalue weighted by molar-refractivity contribution is 8.01. The third-order valence-electron chi connectivity index (χ3n) is 5.06. The molecule has 0 saturated carbocycles. The first-order chi connectivity index (χ1) is 13.3. The van der Waals surface area contributed by atoms with E-state index in [0.29, 0.717) is 5.56 Å². The first-order valence-electron chi connectivity index (χ1n) is 9.10. The molecule has 2 aromatic carbocycles. The molecule has 1 aliphatic heterocycles. The van der Waals surface area contributed by atoms with E-state index in [2.05, 4.69) is 5.32 Å². The van der Waals surface area contributed by atoms with Crippen molar-refractivity contribution in [2.45, 2.75) is 44.3 Å². The molecule has 28 heavy (non-hydrogen) atoms. The van der Waals surface area contributed by atoms with E-state index < -0.39 is 11.2 Å². The van der Waals surface area contributed by atoms with E-state index in [1.54, 1.807) is 0 Å². The summed E-state index contributed by atoms with van der Waals surface area (Å²) in [5, 5.41) is 2.23. The molecule has 0 aliphatic carbocycles. The van der Waals surface area contributed by atoms with Crippen molar-refractivity contribution >= 4 is 35.1 Å². The maximum absolute atomic E-state index is 12.6. The summed E-state index contributed by atoms with van der Waals surface area (Å²) in [6.45, 7) is 7.46. The molecule has 0 bridgehead atoms. The van der Waals surface area contributed by atoms with Crippen LogP contribution in [0.3, 0.4) is 0 Å². The number of ether oxygens (including phenoxy) is 1. The normalized spacial score (nSPS) is 15.6. The molecule has 146 valence electrons. The number of hydrogen-bond donors (Lipinski definition) is 1. The number of Topliss-reactive ketones (excluding diaryl/α,β-unsaturated/α-hetero) is 1. The molecule has 1 N–H and O–H groups in total. The van der Waals surface area contributed by atoms with Gasteiger partial charge in [-0.05, 0) is 62.1 Å². The zero-order valence-corrected chi connectivity index (χ0v) is 17.2. The van der Waals surface area contributed by atoms with Crippen molar-refractivity contribution in [1.29, 1.82) is 0 Å². The monoisotopic (exact) mass is 397 g/mol. The van der Waals surface area contributed by atoms with Crippen LogP contribution in [0.25, 0.3) is 0 Å². The number of carbonyl (C=O) groups is 3. The Morgan fingerprint density at radius 2 is 1.79 bits per heavy atom. The number of carbonyl (C=O) groups excluding carboxylic acids is 3. The number of nitrogens with one attached hydrogen (secondary N) is 1. The topological polar surface area (TPSA) is 72.5 Å². The summed E-state index contributed by atoms with van der Waals surface area (Å²) in [6, 6.07) is 9.41. The van der Waals surface area contributed by atoms with Gasteiger partial charge in [-0.25, -0.2) is 0 Å². The minimum Gasteiger partial charge on any atom is -0.457 e. The molecule has 1 heterocycles. The minimum absolute atomic E-state index is 0.0804. The predicted octanol–water partition coefficient (Wildman–Crippen LogP) is 4.15. The fourth-order valence-electron chi connectivity index (χ4n) is 3.37. The number of aryl methyl sites for hydroxylation is 2. The number of amides is 1. The molecule has 0 saturated heterocycles. The van der Waals surface area contributed by atoms with Crippen molar-refractivity contribution in [3.8, 4) is 0 Å². The summed E-state index contributed by atoms with van der Waals surface area (Å²) in [5.41, 5.74) is 5.34. The molecule has 2 aromatic rings. The first kappa shape index (κ1) is 20.1. The van der Waals surface area contributed by atoms with E-state index in [1.165, 1.54) is 11.8 Å². The van der Waals surface area contributed by atoms with Gasteiger partial charge in [-0.3, -0.25) is 14.4 Å². The van der Waals surface area contributed by atoms with Crippen LogP contribution >= 0.6 is 11.8 Å². The number of ketones is 1. The van der Waals surface area contributed by atoms with Crippen molar-refractivity contribution < 1.29 is 19.1 Å². The van der Waals surface area contributed by atoms with Gasteiger partial charge >= 0.3 is 5.97 Å². The van der Waals surface area contributed by atoms with Crippen LogP contribution in [0.15, 0.2) is 35.2 Å². The van der Waals surface area contributed by atoms with Crippen molar-refractivity contribution in [3.63, 3.8) is 0 Å². The van der Waals surface area contributed by atoms with Crippen LogP contribution in [0.5, 0.6) is 0 Å². The lowest BCUT2D eigenvalue weighted by atomic mass is 9.92. The zero-order valence-electron chi connectivity index (χ0n) is 16.4. The van der Waals surface area contributed by atoms with Gasteiger partial charge in [0.25, 0.3) is 0 Å².